The normalized spacial score (nSPS) is 22.9. The second-order valence-electron chi connectivity index (χ2n) is 4.24. The highest BCUT2D eigenvalue weighted by molar-refractivity contribution is 8.00. The number of hydrogen-bond acceptors (Lipinski definition) is 4. The van der Waals surface area contributed by atoms with Gasteiger partial charge in [-0.3, -0.25) is 4.40 Å². The second-order valence-corrected chi connectivity index (χ2v) is 6.46. The molecule has 0 bridgehead atoms. The summed E-state index contributed by atoms with van der Waals surface area (Å²) in [6.07, 6.45) is 7.65. The number of fused-ring (bicyclic) bond motifs is 1. The number of thiazole rings is 1. The van der Waals surface area contributed by atoms with Crippen LogP contribution in [0.5, 0.6) is 0 Å². The lowest BCUT2D eigenvalue weighted by molar-refractivity contribution is 0.604. The van der Waals surface area contributed by atoms with Gasteiger partial charge < -0.3 is 5.73 Å². The Morgan fingerprint density at radius 2 is 2.56 bits per heavy atom. The zero-order chi connectivity index (χ0) is 11.0. The van der Waals surface area contributed by atoms with Gasteiger partial charge in [-0.25, -0.2) is 4.98 Å². The third-order valence-electron chi connectivity index (χ3n) is 3.03. The van der Waals surface area contributed by atoms with Gasteiger partial charge in [-0.2, -0.15) is 11.8 Å². The third kappa shape index (κ3) is 1.99. The van der Waals surface area contributed by atoms with Crippen LogP contribution in [0, 0.1) is 0 Å². The molecule has 1 aliphatic rings. The number of nitrogens with two attached hydrogens (primary N) is 1. The van der Waals surface area contributed by atoms with Crippen molar-refractivity contribution in [1.29, 1.82) is 0 Å². The molecule has 2 aromatic rings. The average molecular weight is 253 g/mol. The zero-order valence-electron chi connectivity index (χ0n) is 9.00. The summed E-state index contributed by atoms with van der Waals surface area (Å²) < 4.78 is 2.08. The van der Waals surface area contributed by atoms with Crippen molar-refractivity contribution in [1.82, 2.24) is 9.38 Å². The highest BCUT2D eigenvalue weighted by atomic mass is 32.2. The third-order valence-corrected chi connectivity index (χ3v) is 5.34. The predicted molar refractivity (Wildman–Crippen MR) is 70.2 cm³/mol. The summed E-state index contributed by atoms with van der Waals surface area (Å²) >= 11 is 3.69. The first kappa shape index (κ1) is 10.6. The standard InChI is InChI=1S/C11H15N3S2/c12-9(10-2-1-4-15-10)6-8-7-14-3-5-16-11(14)13-8/h3,5,7,9-10H,1-2,4,6,12H2. The molecule has 3 rings (SSSR count). The molecule has 2 unspecified atom stereocenters. The maximum absolute atomic E-state index is 6.23. The fraction of sp³-hybridized carbons (Fsp3) is 0.545. The van der Waals surface area contributed by atoms with Crippen LogP contribution in [-0.4, -0.2) is 26.4 Å². The first-order valence-corrected chi connectivity index (χ1v) is 7.54. The van der Waals surface area contributed by atoms with Crippen molar-refractivity contribution in [2.75, 3.05) is 5.75 Å². The van der Waals surface area contributed by atoms with E-state index < -0.39 is 0 Å². The van der Waals surface area contributed by atoms with Gasteiger partial charge in [0.2, 0.25) is 0 Å². The van der Waals surface area contributed by atoms with E-state index in [0.717, 1.165) is 17.1 Å². The summed E-state index contributed by atoms with van der Waals surface area (Å²) in [6, 6.07) is 0.261. The minimum absolute atomic E-state index is 0.261. The summed E-state index contributed by atoms with van der Waals surface area (Å²) in [7, 11) is 0. The van der Waals surface area contributed by atoms with E-state index in [1.54, 1.807) is 11.3 Å². The Labute approximate surface area is 103 Å². The molecule has 0 aromatic carbocycles. The Kier molecular flexibility index (Phi) is 2.91. The van der Waals surface area contributed by atoms with E-state index in [4.69, 9.17) is 5.73 Å². The Bertz CT molecular complexity index is 442. The molecule has 2 atom stereocenters. The predicted octanol–water partition coefficient (Wildman–Crippen LogP) is 2.16. The van der Waals surface area contributed by atoms with Gasteiger partial charge in [0.25, 0.3) is 0 Å². The summed E-state index contributed by atoms with van der Waals surface area (Å²) in [5.74, 6) is 1.27. The van der Waals surface area contributed by atoms with Crippen LogP contribution in [0.1, 0.15) is 18.5 Å². The summed E-state index contributed by atoms with van der Waals surface area (Å²) in [4.78, 5) is 5.65. The molecular formula is C11H15N3S2. The first-order chi connectivity index (χ1) is 7.83. The molecule has 86 valence electrons. The number of aromatic nitrogens is 2. The van der Waals surface area contributed by atoms with Crippen LogP contribution in [0.2, 0.25) is 0 Å². The van der Waals surface area contributed by atoms with Crippen molar-refractivity contribution in [3.63, 3.8) is 0 Å². The van der Waals surface area contributed by atoms with Crippen molar-refractivity contribution < 1.29 is 0 Å². The van der Waals surface area contributed by atoms with E-state index in [2.05, 4.69) is 21.0 Å². The minimum atomic E-state index is 0.261. The minimum Gasteiger partial charge on any atom is -0.326 e. The molecule has 1 saturated heterocycles. The van der Waals surface area contributed by atoms with E-state index in [9.17, 15) is 0 Å². The zero-order valence-corrected chi connectivity index (χ0v) is 10.6. The van der Waals surface area contributed by atoms with E-state index in [1.165, 1.54) is 18.6 Å². The highest BCUT2D eigenvalue weighted by Crippen LogP contribution is 2.29. The van der Waals surface area contributed by atoms with Crippen LogP contribution < -0.4 is 5.73 Å². The van der Waals surface area contributed by atoms with Gasteiger partial charge in [0.15, 0.2) is 4.96 Å². The lowest BCUT2D eigenvalue weighted by atomic mass is 10.1. The topological polar surface area (TPSA) is 43.3 Å². The lowest BCUT2D eigenvalue weighted by Gasteiger charge is -2.16. The Hall–Kier alpha value is -0.520. The molecule has 2 N–H and O–H groups in total. The van der Waals surface area contributed by atoms with E-state index >= 15 is 0 Å². The molecule has 1 fully saturated rings. The Balaban J connectivity index is 1.71. The van der Waals surface area contributed by atoms with Crippen molar-refractivity contribution in [3.8, 4) is 0 Å². The van der Waals surface area contributed by atoms with Gasteiger partial charge in [-0.05, 0) is 18.6 Å². The lowest BCUT2D eigenvalue weighted by Crippen LogP contribution is -2.33. The highest BCUT2D eigenvalue weighted by Gasteiger charge is 2.23. The van der Waals surface area contributed by atoms with Gasteiger partial charge >= 0.3 is 0 Å². The fourth-order valence-electron chi connectivity index (χ4n) is 2.19. The molecule has 1 aliphatic heterocycles. The molecule has 3 heterocycles. The molecule has 0 saturated carbocycles. The Morgan fingerprint density at radius 1 is 1.62 bits per heavy atom. The number of hydrogen-bond donors (Lipinski definition) is 1. The summed E-state index contributed by atoms with van der Waals surface area (Å²) in [6.45, 7) is 0. The van der Waals surface area contributed by atoms with Crippen molar-refractivity contribution in [3.05, 3.63) is 23.5 Å². The van der Waals surface area contributed by atoms with Gasteiger partial charge in [-0.15, -0.1) is 11.3 Å². The maximum atomic E-state index is 6.23. The molecule has 2 aromatic heterocycles. The molecular weight excluding hydrogens is 238 g/mol. The number of rotatable bonds is 3. The SMILES string of the molecule is NC(Cc1cn2ccsc2n1)C1CCCS1. The van der Waals surface area contributed by atoms with Crippen LogP contribution >= 0.6 is 23.1 Å². The van der Waals surface area contributed by atoms with Crippen LogP contribution in [0.4, 0.5) is 0 Å². The molecule has 3 nitrogen and oxygen atoms in total. The quantitative estimate of drug-likeness (QED) is 0.911. The molecule has 0 spiro atoms. The van der Waals surface area contributed by atoms with Crippen LogP contribution in [0.3, 0.4) is 0 Å². The van der Waals surface area contributed by atoms with Crippen molar-refractivity contribution >= 4 is 28.1 Å². The number of thioether (sulfide) groups is 1. The number of imidazole rings is 1. The fourth-order valence-corrected chi connectivity index (χ4v) is 4.22. The van der Waals surface area contributed by atoms with Crippen LogP contribution in [0.15, 0.2) is 17.8 Å². The van der Waals surface area contributed by atoms with Gasteiger partial charge in [0, 0.05) is 35.5 Å². The summed E-state index contributed by atoms with van der Waals surface area (Å²) in [5.41, 5.74) is 7.37. The van der Waals surface area contributed by atoms with E-state index in [-0.39, 0.29) is 6.04 Å². The summed E-state index contributed by atoms with van der Waals surface area (Å²) in [5, 5.41) is 2.69. The van der Waals surface area contributed by atoms with Crippen molar-refractivity contribution in [2.45, 2.75) is 30.6 Å². The molecule has 16 heavy (non-hydrogen) atoms. The smallest absolute Gasteiger partial charge is 0.193 e. The molecule has 0 radical (unpaired) electrons. The first-order valence-electron chi connectivity index (χ1n) is 5.61. The van der Waals surface area contributed by atoms with Gasteiger partial charge in [0.1, 0.15) is 0 Å². The molecule has 0 amide bonds. The Morgan fingerprint density at radius 3 is 3.31 bits per heavy atom. The largest absolute Gasteiger partial charge is 0.326 e. The van der Waals surface area contributed by atoms with E-state index in [0.29, 0.717) is 5.25 Å². The van der Waals surface area contributed by atoms with E-state index in [1.807, 2.05) is 18.0 Å². The molecule has 0 aliphatic carbocycles. The second kappa shape index (κ2) is 4.39. The molecule has 5 heteroatoms. The monoisotopic (exact) mass is 253 g/mol. The van der Waals surface area contributed by atoms with Crippen LogP contribution in [0.25, 0.3) is 4.96 Å². The average Bonchev–Trinajstić information content (AvgIpc) is 2.91. The van der Waals surface area contributed by atoms with Gasteiger partial charge in [-0.1, -0.05) is 0 Å². The number of nitrogens with zero attached hydrogens (tertiary/aromatic N) is 2. The van der Waals surface area contributed by atoms with Crippen molar-refractivity contribution in [2.24, 2.45) is 5.73 Å². The van der Waals surface area contributed by atoms with Gasteiger partial charge in [0.05, 0.1) is 5.69 Å². The van der Waals surface area contributed by atoms with Crippen LogP contribution in [-0.2, 0) is 6.42 Å². The maximum Gasteiger partial charge on any atom is 0.193 e.